The zero-order valence-corrected chi connectivity index (χ0v) is 9.39. The van der Waals surface area contributed by atoms with Gasteiger partial charge in [-0.15, -0.1) is 6.42 Å². The van der Waals surface area contributed by atoms with Gasteiger partial charge in [-0.1, -0.05) is 18.1 Å². The predicted molar refractivity (Wildman–Crippen MR) is 60.2 cm³/mol. The molecule has 1 aromatic rings. The molecule has 0 radical (unpaired) electrons. The summed E-state index contributed by atoms with van der Waals surface area (Å²) in [6, 6.07) is 7.76. The number of hydrogen-bond acceptors (Lipinski definition) is 0. The lowest BCUT2D eigenvalue weighted by Gasteiger charge is -1.93. The molecule has 0 aliphatic heterocycles. The van der Waals surface area contributed by atoms with Gasteiger partial charge in [0.25, 0.3) is 0 Å². The van der Waals surface area contributed by atoms with Crippen molar-refractivity contribution < 1.29 is 0 Å². The van der Waals surface area contributed by atoms with E-state index in [2.05, 4.69) is 37.8 Å². The Morgan fingerprint density at radius 3 is 2.25 bits per heavy atom. The molecule has 60 valence electrons. The summed E-state index contributed by atoms with van der Waals surface area (Å²) in [6.45, 7) is 0. The number of hydrogen-bond donors (Lipinski definition) is 0. The Bertz CT molecular complexity index is 324. The van der Waals surface area contributed by atoms with Crippen LogP contribution in [0.1, 0.15) is 11.1 Å². The third-order valence-corrected chi connectivity index (χ3v) is 1.81. The molecule has 0 saturated heterocycles. The first-order chi connectivity index (χ1) is 5.72. The molecule has 0 amide bonds. The maximum atomic E-state index is 5.22. The molecule has 0 N–H and O–H groups in total. The Morgan fingerprint density at radius 2 is 1.83 bits per heavy atom. The highest BCUT2D eigenvalue weighted by molar-refractivity contribution is 9.28. The highest BCUT2D eigenvalue weighted by atomic mass is 79.9. The van der Waals surface area contributed by atoms with Crippen LogP contribution in [0.4, 0.5) is 0 Å². The standard InChI is InChI=1S/C10H6Br2/c1-2-8-3-5-9(6-4-8)7-10(11)12/h1,3-7H. The van der Waals surface area contributed by atoms with Crippen LogP contribution < -0.4 is 0 Å². The number of halogens is 2. The Hall–Kier alpha value is -0.520. The Balaban J connectivity index is 2.95. The van der Waals surface area contributed by atoms with E-state index >= 15 is 0 Å². The lowest BCUT2D eigenvalue weighted by molar-refractivity contribution is 1.62. The van der Waals surface area contributed by atoms with Crippen LogP contribution in [0.15, 0.2) is 27.7 Å². The summed E-state index contributed by atoms with van der Waals surface area (Å²) in [4.78, 5) is 0. The van der Waals surface area contributed by atoms with Crippen LogP contribution >= 0.6 is 31.9 Å². The summed E-state index contributed by atoms with van der Waals surface area (Å²) in [7, 11) is 0. The lowest BCUT2D eigenvalue weighted by atomic mass is 10.1. The first kappa shape index (κ1) is 9.57. The van der Waals surface area contributed by atoms with Crippen LogP contribution in [0, 0.1) is 12.3 Å². The van der Waals surface area contributed by atoms with Crippen molar-refractivity contribution in [2.75, 3.05) is 0 Å². The molecule has 0 aromatic heterocycles. The molecule has 1 aromatic carbocycles. The summed E-state index contributed by atoms with van der Waals surface area (Å²) >= 11 is 6.57. The first-order valence-electron chi connectivity index (χ1n) is 3.32. The minimum atomic E-state index is 0.901. The van der Waals surface area contributed by atoms with Gasteiger partial charge in [-0.2, -0.15) is 0 Å². The Morgan fingerprint density at radius 1 is 1.25 bits per heavy atom. The fraction of sp³-hybridized carbons (Fsp3) is 0. The van der Waals surface area contributed by atoms with Crippen molar-refractivity contribution in [3.63, 3.8) is 0 Å². The maximum Gasteiger partial charge on any atom is 0.0610 e. The predicted octanol–water partition coefficient (Wildman–Crippen LogP) is 3.76. The van der Waals surface area contributed by atoms with Crippen molar-refractivity contribution in [2.45, 2.75) is 0 Å². The summed E-state index contributed by atoms with van der Waals surface area (Å²) in [5, 5.41) is 0. The topological polar surface area (TPSA) is 0 Å². The Kier molecular flexibility index (Phi) is 3.58. The first-order valence-corrected chi connectivity index (χ1v) is 4.90. The lowest BCUT2D eigenvalue weighted by Crippen LogP contribution is -1.74. The van der Waals surface area contributed by atoms with Gasteiger partial charge in [0, 0.05) is 5.56 Å². The fourth-order valence-electron chi connectivity index (χ4n) is 0.802. The molecule has 0 aliphatic rings. The number of benzene rings is 1. The molecule has 0 saturated carbocycles. The van der Waals surface area contributed by atoms with E-state index in [1.807, 2.05) is 30.3 Å². The van der Waals surface area contributed by atoms with Crippen LogP contribution in [0.3, 0.4) is 0 Å². The quantitative estimate of drug-likeness (QED) is 0.690. The van der Waals surface area contributed by atoms with E-state index in [4.69, 9.17) is 6.42 Å². The molecular weight excluding hydrogens is 280 g/mol. The van der Waals surface area contributed by atoms with Crippen LogP contribution in [0.25, 0.3) is 6.08 Å². The van der Waals surface area contributed by atoms with Gasteiger partial charge in [-0.3, -0.25) is 0 Å². The molecule has 0 bridgehead atoms. The van der Waals surface area contributed by atoms with Crippen molar-refractivity contribution in [3.05, 3.63) is 38.8 Å². The summed E-state index contributed by atoms with van der Waals surface area (Å²) < 4.78 is 0.920. The van der Waals surface area contributed by atoms with Crippen molar-refractivity contribution in [1.82, 2.24) is 0 Å². The molecule has 2 heteroatoms. The molecule has 0 aliphatic carbocycles. The third kappa shape index (κ3) is 2.84. The average molecular weight is 286 g/mol. The fourth-order valence-corrected chi connectivity index (χ4v) is 1.33. The maximum absolute atomic E-state index is 5.22. The van der Waals surface area contributed by atoms with E-state index in [1.54, 1.807) is 0 Å². The molecule has 1 rings (SSSR count). The van der Waals surface area contributed by atoms with Crippen molar-refractivity contribution in [1.29, 1.82) is 0 Å². The van der Waals surface area contributed by atoms with E-state index in [0.717, 1.165) is 14.5 Å². The number of rotatable bonds is 1. The second-order valence-corrected chi connectivity index (χ2v) is 4.97. The van der Waals surface area contributed by atoms with Crippen LogP contribution in [0.2, 0.25) is 0 Å². The summed E-state index contributed by atoms with van der Waals surface area (Å²) in [5.74, 6) is 2.56. The van der Waals surface area contributed by atoms with Crippen LogP contribution in [-0.4, -0.2) is 0 Å². The summed E-state index contributed by atoms with van der Waals surface area (Å²) in [5.41, 5.74) is 2.01. The minimum Gasteiger partial charge on any atom is -0.115 e. The van der Waals surface area contributed by atoms with Gasteiger partial charge in [-0.25, -0.2) is 0 Å². The van der Waals surface area contributed by atoms with E-state index in [0.29, 0.717) is 0 Å². The zero-order valence-electron chi connectivity index (χ0n) is 6.22. The van der Waals surface area contributed by atoms with Gasteiger partial charge in [-0.05, 0) is 55.6 Å². The van der Waals surface area contributed by atoms with Gasteiger partial charge in [0.15, 0.2) is 0 Å². The van der Waals surface area contributed by atoms with Gasteiger partial charge >= 0.3 is 0 Å². The molecule has 0 atom stereocenters. The molecule has 0 unspecified atom stereocenters. The number of terminal acetylenes is 1. The van der Waals surface area contributed by atoms with Gasteiger partial charge in [0.2, 0.25) is 0 Å². The van der Waals surface area contributed by atoms with Crippen LogP contribution in [-0.2, 0) is 0 Å². The highest BCUT2D eigenvalue weighted by Crippen LogP contribution is 2.17. The SMILES string of the molecule is C#Cc1ccc(C=C(Br)Br)cc1. The van der Waals surface area contributed by atoms with Gasteiger partial charge < -0.3 is 0 Å². The van der Waals surface area contributed by atoms with Crippen molar-refractivity contribution >= 4 is 37.9 Å². The molecular formula is C10H6Br2. The van der Waals surface area contributed by atoms with E-state index < -0.39 is 0 Å². The average Bonchev–Trinajstić information content (AvgIpc) is 2.05. The molecule has 0 fully saturated rings. The van der Waals surface area contributed by atoms with E-state index in [1.165, 1.54) is 0 Å². The highest BCUT2D eigenvalue weighted by Gasteiger charge is 1.89. The van der Waals surface area contributed by atoms with Gasteiger partial charge in [0.1, 0.15) is 0 Å². The smallest absolute Gasteiger partial charge is 0.0610 e. The Labute approximate surface area is 88.9 Å². The third-order valence-electron chi connectivity index (χ3n) is 1.35. The van der Waals surface area contributed by atoms with Gasteiger partial charge in [0.05, 0.1) is 3.39 Å². The second-order valence-electron chi connectivity index (χ2n) is 2.20. The normalized spacial score (nSPS) is 8.75. The second kappa shape index (κ2) is 4.49. The van der Waals surface area contributed by atoms with E-state index in [9.17, 15) is 0 Å². The molecule has 0 spiro atoms. The zero-order chi connectivity index (χ0) is 8.97. The van der Waals surface area contributed by atoms with E-state index in [-0.39, 0.29) is 0 Å². The largest absolute Gasteiger partial charge is 0.115 e. The van der Waals surface area contributed by atoms with Crippen molar-refractivity contribution in [2.24, 2.45) is 0 Å². The molecule has 12 heavy (non-hydrogen) atoms. The van der Waals surface area contributed by atoms with Crippen LogP contribution in [0.5, 0.6) is 0 Å². The van der Waals surface area contributed by atoms with Crippen molar-refractivity contribution in [3.8, 4) is 12.3 Å². The summed E-state index contributed by atoms with van der Waals surface area (Å²) in [6.07, 6.45) is 7.18. The molecule has 0 heterocycles. The monoisotopic (exact) mass is 284 g/mol. The molecule has 0 nitrogen and oxygen atoms in total. The minimum absolute atomic E-state index is 0.901.